The summed E-state index contributed by atoms with van der Waals surface area (Å²) >= 11 is 8.40. The van der Waals surface area contributed by atoms with E-state index in [1.165, 1.54) is 22.7 Å². The van der Waals surface area contributed by atoms with E-state index in [0.717, 1.165) is 5.69 Å². The lowest BCUT2D eigenvalue weighted by Crippen LogP contribution is -2.42. The van der Waals surface area contributed by atoms with Crippen LogP contribution in [0.2, 0.25) is 22.5 Å². The van der Waals surface area contributed by atoms with Crippen LogP contribution in [0.15, 0.2) is 47.2 Å². The van der Waals surface area contributed by atoms with E-state index in [-0.39, 0.29) is 16.9 Å². The molecule has 2 amide bonds. The highest BCUT2D eigenvalue weighted by Gasteiger charge is 2.37. The van der Waals surface area contributed by atoms with Crippen molar-refractivity contribution in [2.24, 2.45) is 0 Å². The smallest absolute Gasteiger partial charge is 0.265 e. The van der Waals surface area contributed by atoms with Gasteiger partial charge in [-0.25, -0.2) is 0 Å². The van der Waals surface area contributed by atoms with Gasteiger partial charge in [-0.1, -0.05) is 37.4 Å². The molecule has 190 valence electrons. The Kier molecular flexibility index (Phi) is 8.97. The number of benzene rings is 1. The molecule has 1 aromatic carbocycles. The highest BCUT2D eigenvalue weighted by Crippen LogP contribution is 2.36. The fourth-order valence-electron chi connectivity index (χ4n) is 2.95. The van der Waals surface area contributed by atoms with E-state index >= 15 is 0 Å². The highest BCUT2D eigenvalue weighted by molar-refractivity contribution is 7.18. The van der Waals surface area contributed by atoms with Gasteiger partial charge in [0.2, 0.25) is 0 Å². The van der Waals surface area contributed by atoms with Crippen molar-refractivity contribution in [1.82, 2.24) is 0 Å². The van der Waals surface area contributed by atoms with Gasteiger partial charge in [0.1, 0.15) is 12.2 Å². The minimum Gasteiger partial charge on any atom is -0.415 e. The number of thiophene rings is 2. The maximum Gasteiger partial charge on any atom is 0.265 e. The van der Waals surface area contributed by atoms with E-state index in [0.29, 0.717) is 39.3 Å². The van der Waals surface area contributed by atoms with Crippen LogP contribution in [-0.2, 0) is 4.43 Å². The number of halogens is 1. The monoisotopic (exact) mass is 560 g/mol. The van der Waals surface area contributed by atoms with Crippen molar-refractivity contribution < 1.29 is 14.0 Å². The molecule has 0 fully saturated rings. The van der Waals surface area contributed by atoms with Crippen molar-refractivity contribution in [3.8, 4) is 0 Å². The third-order valence-corrected chi connectivity index (χ3v) is 12.6. The molecule has 2 N–H and O–H groups in total. The van der Waals surface area contributed by atoms with Crippen molar-refractivity contribution in [2.75, 3.05) is 28.8 Å². The van der Waals surface area contributed by atoms with Crippen molar-refractivity contribution in [3.05, 3.63) is 73.5 Å². The molecule has 2 aromatic heterocycles. The Balaban J connectivity index is 1.60. The minimum atomic E-state index is -1.88. The molecule has 0 saturated heterocycles. The summed E-state index contributed by atoms with van der Waals surface area (Å²) in [5.41, 5.74) is 2.11. The van der Waals surface area contributed by atoms with E-state index in [9.17, 15) is 9.59 Å². The van der Waals surface area contributed by atoms with Crippen molar-refractivity contribution in [3.63, 3.8) is 0 Å². The zero-order valence-corrected chi connectivity index (χ0v) is 24.2. The first-order valence-electron chi connectivity index (χ1n) is 11.2. The van der Waals surface area contributed by atoms with Crippen LogP contribution in [0.5, 0.6) is 0 Å². The highest BCUT2D eigenvalue weighted by atomic mass is 35.5. The Hall–Kier alpha value is -2.68. The van der Waals surface area contributed by atoms with Crippen LogP contribution in [-0.4, -0.2) is 33.3 Å². The van der Waals surface area contributed by atoms with Gasteiger partial charge in [0.25, 0.3) is 11.8 Å². The topological polar surface area (TPSA) is 75.0 Å². The fraction of sp³-hybridized carbons (Fsp3) is 0.320. The van der Waals surface area contributed by atoms with Gasteiger partial charge in [-0.05, 0) is 54.5 Å². The van der Waals surface area contributed by atoms with Crippen LogP contribution in [0.3, 0.4) is 0 Å². The predicted molar refractivity (Wildman–Crippen MR) is 153 cm³/mol. The van der Waals surface area contributed by atoms with Gasteiger partial charge < -0.3 is 15.1 Å². The molecule has 0 aliphatic carbocycles. The number of nitrogens with zero attached hydrogens (tertiary/aromatic N) is 2. The molecule has 0 radical (unpaired) electrons. The number of nitrogens with one attached hydrogen (secondary N) is 2. The summed E-state index contributed by atoms with van der Waals surface area (Å²) in [7, 11) is -1.88. The Morgan fingerprint density at radius 1 is 1.08 bits per heavy atom. The van der Waals surface area contributed by atoms with Crippen LogP contribution in [0.1, 0.15) is 40.8 Å². The molecule has 0 aliphatic heterocycles. The Morgan fingerprint density at radius 2 is 1.78 bits per heavy atom. The summed E-state index contributed by atoms with van der Waals surface area (Å²) in [4.78, 5) is 29.4. The number of hydrogen-bond donors (Lipinski definition) is 2. The molecule has 36 heavy (non-hydrogen) atoms. The molecule has 0 saturated carbocycles. The van der Waals surface area contributed by atoms with Gasteiger partial charge in [-0.15, -0.1) is 22.7 Å². The summed E-state index contributed by atoms with van der Waals surface area (Å²) in [6.45, 7) is 19.4. The fourth-order valence-corrected chi connectivity index (χ4v) is 5.68. The molecule has 0 bridgehead atoms. The van der Waals surface area contributed by atoms with Crippen LogP contribution in [0.25, 0.3) is 4.95 Å². The lowest BCUT2D eigenvalue weighted by Gasteiger charge is -2.36. The number of amides is 2. The normalized spacial score (nSPS) is 11.6. The van der Waals surface area contributed by atoms with Gasteiger partial charge in [-0.2, -0.15) is 11.5 Å². The molecule has 0 unspecified atom stereocenters. The summed E-state index contributed by atoms with van der Waals surface area (Å²) < 4.78 is 6.72. The summed E-state index contributed by atoms with van der Waals surface area (Å²) in [6.07, 6.45) is 0. The van der Waals surface area contributed by atoms with Gasteiger partial charge in [-0.3, -0.25) is 9.59 Å². The second-order valence-electron chi connectivity index (χ2n) is 9.59. The second-order valence-corrected chi connectivity index (χ2v) is 16.9. The van der Waals surface area contributed by atoms with Crippen LogP contribution < -0.4 is 15.6 Å². The summed E-state index contributed by atoms with van der Waals surface area (Å²) in [5.74, 6) is -0.659. The van der Waals surface area contributed by atoms with Gasteiger partial charge in [0.15, 0.2) is 8.32 Å². The molecule has 0 spiro atoms. The quantitative estimate of drug-likeness (QED) is 0.160. The zero-order chi connectivity index (χ0) is 26.5. The van der Waals surface area contributed by atoms with Crippen LogP contribution in [0, 0.1) is 6.57 Å². The third kappa shape index (κ3) is 6.96. The van der Waals surface area contributed by atoms with E-state index in [1.807, 2.05) is 0 Å². The average molecular weight is 561 g/mol. The van der Waals surface area contributed by atoms with Gasteiger partial charge in [0, 0.05) is 16.4 Å². The summed E-state index contributed by atoms with van der Waals surface area (Å²) in [5, 5.41) is 10.7. The number of rotatable bonds is 9. The second kappa shape index (κ2) is 11.6. The molecule has 2 heterocycles. The molecular weight excluding hydrogens is 532 g/mol. The predicted octanol–water partition coefficient (Wildman–Crippen LogP) is 7.63. The first-order chi connectivity index (χ1) is 16.9. The largest absolute Gasteiger partial charge is 0.415 e. The standard InChI is InChI=1S/C25H29ClN4O3S2Si/c1-25(2,3)36(5,6)33-14-13-30(27-4)18-9-7-17(8-10-18)28-23(31)19-15-34-16-20(19)29-24(32)21-11-12-22(26)35-21/h7-12,15-16H,13-14H2,1-3,5-6H3,(H,28,31)(H,29,32). The number of carbonyl (C=O) groups excluding carboxylic acids is 2. The van der Waals surface area contributed by atoms with Crippen LogP contribution in [0.4, 0.5) is 17.1 Å². The van der Waals surface area contributed by atoms with Crippen LogP contribution >= 0.6 is 34.3 Å². The van der Waals surface area contributed by atoms with Crippen molar-refractivity contribution >= 4 is 71.5 Å². The molecule has 7 nitrogen and oxygen atoms in total. The molecule has 0 aliphatic rings. The Morgan fingerprint density at radius 3 is 2.36 bits per heavy atom. The zero-order valence-electron chi connectivity index (χ0n) is 20.8. The van der Waals surface area contributed by atoms with Gasteiger partial charge >= 0.3 is 0 Å². The number of anilines is 3. The third-order valence-electron chi connectivity index (χ3n) is 6.07. The molecule has 3 aromatic rings. The molecular formula is C25H29ClN4O3S2Si. The Labute approximate surface area is 226 Å². The van der Waals surface area contributed by atoms with Crippen molar-refractivity contribution in [1.29, 1.82) is 0 Å². The first-order valence-corrected chi connectivity index (χ1v) is 16.3. The maximum absolute atomic E-state index is 12.9. The first kappa shape index (κ1) is 27.9. The lowest BCUT2D eigenvalue weighted by atomic mass is 10.2. The van der Waals surface area contributed by atoms with Crippen molar-refractivity contribution in [2.45, 2.75) is 38.9 Å². The Bertz CT molecular complexity index is 1260. The minimum absolute atomic E-state index is 0.110. The number of hydrogen-bond acceptors (Lipinski definition) is 6. The maximum atomic E-state index is 12.9. The van der Waals surface area contributed by atoms with E-state index in [1.54, 1.807) is 52.2 Å². The SMILES string of the molecule is [C-]#[N+]N(CCO[Si](C)(C)C(C)(C)C)c1ccc(NC(=O)c2cscc2NC(=O)c2ccc(Cl)s2)cc1. The van der Waals surface area contributed by atoms with Gasteiger partial charge in [0.05, 0.1) is 27.1 Å². The molecule has 0 atom stereocenters. The lowest BCUT2D eigenvalue weighted by molar-refractivity contribution is 0.102. The van der Waals surface area contributed by atoms with E-state index in [4.69, 9.17) is 22.6 Å². The summed E-state index contributed by atoms with van der Waals surface area (Å²) in [6, 6.07) is 10.4. The number of carbonyl (C=O) groups is 2. The average Bonchev–Trinajstić information content (AvgIpc) is 3.45. The van der Waals surface area contributed by atoms with E-state index in [2.05, 4.69) is 49.5 Å². The van der Waals surface area contributed by atoms with E-state index < -0.39 is 8.32 Å². The molecule has 3 rings (SSSR count). The molecule has 11 heteroatoms.